The topological polar surface area (TPSA) is 41.9 Å². The number of hydrogen-bond donors (Lipinski definition) is 1. The van der Waals surface area contributed by atoms with Crippen LogP contribution >= 0.6 is 0 Å². The maximum absolute atomic E-state index is 8.93. The predicted molar refractivity (Wildman–Crippen MR) is 75.7 cm³/mol. The van der Waals surface area contributed by atoms with E-state index in [9.17, 15) is 0 Å². The van der Waals surface area contributed by atoms with Crippen LogP contribution in [0.15, 0.2) is 24.3 Å². The lowest BCUT2D eigenvalue weighted by molar-refractivity contribution is 0.208. The molecule has 1 aromatic rings. The van der Waals surface area contributed by atoms with Crippen LogP contribution < -0.4 is 9.47 Å². The fourth-order valence-corrected chi connectivity index (χ4v) is 2.35. The third-order valence-corrected chi connectivity index (χ3v) is 3.46. The van der Waals surface area contributed by atoms with Gasteiger partial charge in [-0.2, -0.15) is 0 Å². The van der Waals surface area contributed by atoms with Crippen LogP contribution in [0.2, 0.25) is 0 Å². The van der Waals surface area contributed by atoms with Crippen molar-refractivity contribution >= 4 is 5.57 Å². The van der Waals surface area contributed by atoms with Gasteiger partial charge in [-0.1, -0.05) is 12.1 Å². The van der Waals surface area contributed by atoms with Gasteiger partial charge in [-0.25, -0.2) is 0 Å². The Balaban J connectivity index is 2.14. The first kappa shape index (κ1) is 13.9. The van der Waals surface area contributed by atoms with E-state index in [0.717, 1.165) is 37.6 Å². The normalized spacial score (nSPS) is 16.1. The summed E-state index contributed by atoms with van der Waals surface area (Å²) in [4.78, 5) is 2.24. The van der Waals surface area contributed by atoms with Gasteiger partial charge in [-0.3, -0.25) is 4.90 Å². The highest BCUT2D eigenvalue weighted by Crippen LogP contribution is 2.32. The molecule has 0 unspecified atom stereocenters. The summed E-state index contributed by atoms with van der Waals surface area (Å²) in [5.41, 5.74) is 2.51. The van der Waals surface area contributed by atoms with Gasteiger partial charge < -0.3 is 14.6 Å². The van der Waals surface area contributed by atoms with E-state index in [1.165, 1.54) is 11.1 Å². The van der Waals surface area contributed by atoms with Crippen LogP contribution in [0.3, 0.4) is 0 Å². The summed E-state index contributed by atoms with van der Waals surface area (Å²) in [6, 6.07) is 6.02. The van der Waals surface area contributed by atoms with Crippen LogP contribution in [0.5, 0.6) is 11.5 Å². The van der Waals surface area contributed by atoms with Gasteiger partial charge >= 0.3 is 0 Å². The lowest BCUT2D eigenvalue weighted by Crippen LogP contribution is -2.31. The number of benzene rings is 1. The van der Waals surface area contributed by atoms with E-state index in [1.54, 1.807) is 14.2 Å². The molecule has 0 fully saturated rings. The fourth-order valence-electron chi connectivity index (χ4n) is 2.35. The van der Waals surface area contributed by atoms with Crippen molar-refractivity contribution < 1.29 is 14.6 Å². The van der Waals surface area contributed by atoms with Crippen molar-refractivity contribution in [3.8, 4) is 11.5 Å². The van der Waals surface area contributed by atoms with Gasteiger partial charge in [-0.05, 0) is 29.7 Å². The summed E-state index contributed by atoms with van der Waals surface area (Å²) in [6.07, 6.45) is 3.22. The van der Waals surface area contributed by atoms with Crippen LogP contribution in [-0.4, -0.2) is 50.5 Å². The lowest BCUT2D eigenvalue weighted by Gasteiger charge is -2.25. The molecule has 0 saturated heterocycles. The maximum atomic E-state index is 8.93. The second-order valence-electron chi connectivity index (χ2n) is 4.57. The molecule has 104 valence electrons. The molecule has 2 rings (SSSR count). The Morgan fingerprint density at radius 3 is 2.58 bits per heavy atom. The molecule has 0 atom stereocenters. The van der Waals surface area contributed by atoms with Gasteiger partial charge in [-0.15, -0.1) is 0 Å². The van der Waals surface area contributed by atoms with Crippen molar-refractivity contribution in [2.45, 2.75) is 6.42 Å². The van der Waals surface area contributed by atoms with Crippen LogP contribution in [-0.2, 0) is 0 Å². The molecule has 4 nitrogen and oxygen atoms in total. The molecule has 0 amide bonds. The summed E-state index contributed by atoms with van der Waals surface area (Å²) < 4.78 is 10.6. The molecular formula is C15H21NO3. The van der Waals surface area contributed by atoms with Gasteiger partial charge in [0.1, 0.15) is 0 Å². The number of β-amino-alcohol motifs (C(OH)–C–C–N with tert-alkyl or cyclic N) is 1. The Hall–Kier alpha value is -1.52. The van der Waals surface area contributed by atoms with Crippen LogP contribution in [0.1, 0.15) is 12.0 Å². The maximum Gasteiger partial charge on any atom is 0.161 e. The third kappa shape index (κ3) is 3.28. The van der Waals surface area contributed by atoms with E-state index in [0.29, 0.717) is 0 Å². The zero-order valence-corrected chi connectivity index (χ0v) is 11.6. The second kappa shape index (κ2) is 6.59. The highest BCUT2D eigenvalue weighted by molar-refractivity contribution is 5.69. The van der Waals surface area contributed by atoms with E-state index in [4.69, 9.17) is 14.6 Å². The van der Waals surface area contributed by atoms with E-state index in [2.05, 4.69) is 17.0 Å². The Labute approximate surface area is 114 Å². The van der Waals surface area contributed by atoms with Gasteiger partial charge in [0.25, 0.3) is 0 Å². The van der Waals surface area contributed by atoms with Gasteiger partial charge in [0.2, 0.25) is 0 Å². The molecule has 0 spiro atoms. The minimum absolute atomic E-state index is 0.222. The summed E-state index contributed by atoms with van der Waals surface area (Å²) in [6.45, 7) is 2.85. The van der Waals surface area contributed by atoms with E-state index in [-0.39, 0.29) is 6.61 Å². The summed E-state index contributed by atoms with van der Waals surface area (Å²) in [5, 5.41) is 8.93. The Morgan fingerprint density at radius 1 is 1.21 bits per heavy atom. The number of aliphatic hydroxyl groups is 1. The molecule has 0 radical (unpaired) electrons. The lowest BCUT2D eigenvalue weighted by atomic mass is 9.99. The molecule has 1 aliphatic rings. The van der Waals surface area contributed by atoms with E-state index < -0.39 is 0 Å². The number of aliphatic hydroxyl groups excluding tert-OH is 1. The number of hydrogen-bond acceptors (Lipinski definition) is 4. The largest absolute Gasteiger partial charge is 0.493 e. The number of nitrogens with zero attached hydrogens (tertiary/aromatic N) is 1. The van der Waals surface area contributed by atoms with Crippen molar-refractivity contribution in [2.24, 2.45) is 0 Å². The minimum atomic E-state index is 0.222. The third-order valence-electron chi connectivity index (χ3n) is 3.46. The second-order valence-corrected chi connectivity index (χ2v) is 4.57. The van der Waals surface area contributed by atoms with Crippen molar-refractivity contribution in [2.75, 3.05) is 40.5 Å². The zero-order chi connectivity index (χ0) is 13.7. The van der Waals surface area contributed by atoms with E-state index >= 15 is 0 Å². The molecule has 1 aromatic carbocycles. The average Bonchev–Trinajstić information content (AvgIpc) is 2.47. The first-order valence-electron chi connectivity index (χ1n) is 6.53. The van der Waals surface area contributed by atoms with Crippen molar-refractivity contribution in [3.63, 3.8) is 0 Å². The van der Waals surface area contributed by atoms with Gasteiger partial charge in [0.15, 0.2) is 11.5 Å². The summed E-state index contributed by atoms with van der Waals surface area (Å²) in [7, 11) is 3.30. The standard InChI is InChI=1S/C15H21NO3/c1-18-14-4-3-13(11-15(14)19-2)12-5-7-16(8-6-12)9-10-17/h3-5,11,17H,6-10H2,1-2H3. The summed E-state index contributed by atoms with van der Waals surface area (Å²) >= 11 is 0. The molecule has 1 N–H and O–H groups in total. The number of ether oxygens (including phenoxy) is 2. The average molecular weight is 263 g/mol. The fraction of sp³-hybridized carbons (Fsp3) is 0.467. The summed E-state index contributed by atoms with van der Waals surface area (Å²) in [5.74, 6) is 1.52. The highest BCUT2D eigenvalue weighted by atomic mass is 16.5. The minimum Gasteiger partial charge on any atom is -0.493 e. The molecule has 0 bridgehead atoms. The first-order chi connectivity index (χ1) is 9.28. The van der Waals surface area contributed by atoms with Crippen LogP contribution in [0, 0.1) is 0 Å². The SMILES string of the molecule is COc1ccc(C2=CCN(CCO)CC2)cc1OC. The van der Waals surface area contributed by atoms with Crippen LogP contribution in [0.25, 0.3) is 5.57 Å². The zero-order valence-electron chi connectivity index (χ0n) is 11.6. The van der Waals surface area contributed by atoms with Crippen molar-refractivity contribution in [1.29, 1.82) is 0 Å². The van der Waals surface area contributed by atoms with Gasteiger partial charge in [0, 0.05) is 19.6 Å². The molecular weight excluding hydrogens is 242 g/mol. The van der Waals surface area contributed by atoms with Crippen LogP contribution in [0.4, 0.5) is 0 Å². The Kier molecular flexibility index (Phi) is 4.82. The predicted octanol–water partition coefficient (Wildman–Crippen LogP) is 1.79. The Bertz CT molecular complexity index is 457. The van der Waals surface area contributed by atoms with Crippen molar-refractivity contribution in [1.82, 2.24) is 4.90 Å². The number of rotatable bonds is 5. The smallest absolute Gasteiger partial charge is 0.161 e. The molecule has 4 heteroatoms. The Morgan fingerprint density at radius 2 is 2.00 bits per heavy atom. The first-order valence-corrected chi connectivity index (χ1v) is 6.53. The highest BCUT2D eigenvalue weighted by Gasteiger charge is 2.14. The molecule has 0 aromatic heterocycles. The molecule has 1 heterocycles. The quantitative estimate of drug-likeness (QED) is 0.879. The number of methoxy groups -OCH3 is 2. The van der Waals surface area contributed by atoms with Crippen molar-refractivity contribution in [3.05, 3.63) is 29.8 Å². The van der Waals surface area contributed by atoms with E-state index in [1.807, 2.05) is 12.1 Å². The molecule has 1 aliphatic heterocycles. The molecule has 0 aliphatic carbocycles. The molecule has 19 heavy (non-hydrogen) atoms. The monoisotopic (exact) mass is 263 g/mol. The van der Waals surface area contributed by atoms with Gasteiger partial charge in [0.05, 0.1) is 20.8 Å². The molecule has 0 saturated carbocycles.